The van der Waals surface area contributed by atoms with Crippen molar-refractivity contribution < 1.29 is 4.79 Å². The molecular formula is C14H15ClN2OS. The summed E-state index contributed by atoms with van der Waals surface area (Å²) in [7, 11) is 1.77. The fourth-order valence-electron chi connectivity index (χ4n) is 1.76. The van der Waals surface area contributed by atoms with Gasteiger partial charge in [0.25, 0.3) is 0 Å². The highest BCUT2D eigenvalue weighted by Crippen LogP contribution is 2.20. The van der Waals surface area contributed by atoms with Crippen LogP contribution in [0.15, 0.2) is 35.0 Å². The molecule has 0 aliphatic heterocycles. The van der Waals surface area contributed by atoms with Crippen molar-refractivity contribution in [3.8, 4) is 0 Å². The Morgan fingerprint density at radius 2 is 2.21 bits per heavy atom. The molecule has 19 heavy (non-hydrogen) atoms. The molecule has 0 bridgehead atoms. The standard InChI is InChI=1S/C14H15ClN2OS/c1-17(14(18)6-10-4-5-19-9-10)8-11-7-12(16)2-3-13(11)15/h2-5,7,9H,6,8,16H2,1H3. The molecule has 100 valence electrons. The number of nitrogen functional groups attached to an aromatic ring is 1. The van der Waals surface area contributed by atoms with E-state index in [0.29, 0.717) is 23.7 Å². The summed E-state index contributed by atoms with van der Waals surface area (Å²) in [5.74, 6) is 0.0666. The molecule has 1 aromatic heterocycles. The maximum Gasteiger partial charge on any atom is 0.227 e. The molecule has 5 heteroatoms. The third kappa shape index (κ3) is 3.72. The summed E-state index contributed by atoms with van der Waals surface area (Å²) in [6, 6.07) is 7.27. The Bertz CT molecular complexity index is 569. The Morgan fingerprint density at radius 1 is 1.42 bits per heavy atom. The Balaban J connectivity index is 2.02. The number of carbonyl (C=O) groups excluding carboxylic acids is 1. The number of hydrogen-bond acceptors (Lipinski definition) is 3. The highest BCUT2D eigenvalue weighted by atomic mass is 35.5. The zero-order valence-electron chi connectivity index (χ0n) is 10.6. The van der Waals surface area contributed by atoms with Crippen LogP contribution < -0.4 is 5.73 Å². The summed E-state index contributed by atoms with van der Waals surface area (Å²) in [4.78, 5) is 13.7. The second-order valence-corrected chi connectivity index (χ2v) is 5.60. The Kier molecular flexibility index (Phi) is 4.45. The Hall–Kier alpha value is -1.52. The van der Waals surface area contributed by atoms with Gasteiger partial charge in [0.1, 0.15) is 0 Å². The van der Waals surface area contributed by atoms with E-state index < -0.39 is 0 Å². The number of nitrogens with two attached hydrogens (primary N) is 1. The zero-order chi connectivity index (χ0) is 13.8. The summed E-state index contributed by atoms with van der Waals surface area (Å²) in [6.07, 6.45) is 0.417. The molecular weight excluding hydrogens is 280 g/mol. The first-order valence-corrected chi connectivity index (χ1v) is 7.17. The number of amides is 1. The summed E-state index contributed by atoms with van der Waals surface area (Å²) in [5, 5.41) is 4.58. The van der Waals surface area contributed by atoms with Crippen LogP contribution in [0.2, 0.25) is 5.02 Å². The Labute approximate surface area is 121 Å². The van der Waals surface area contributed by atoms with Gasteiger partial charge in [-0.25, -0.2) is 0 Å². The van der Waals surface area contributed by atoms with Crippen molar-refractivity contribution >= 4 is 34.5 Å². The quantitative estimate of drug-likeness (QED) is 0.880. The minimum absolute atomic E-state index is 0.0666. The lowest BCUT2D eigenvalue weighted by atomic mass is 10.1. The predicted molar refractivity (Wildman–Crippen MR) is 80.4 cm³/mol. The van der Waals surface area contributed by atoms with Gasteiger partial charge < -0.3 is 10.6 Å². The van der Waals surface area contributed by atoms with Crippen molar-refractivity contribution in [2.45, 2.75) is 13.0 Å². The van der Waals surface area contributed by atoms with Gasteiger partial charge in [-0.1, -0.05) is 11.6 Å². The molecule has 0 aliphatic rings. The molecule has 2 aromatic rings. The summed E-state index contributed by atoms with van der Waals surface area (Å²) in [5.41, 5.74) is 8.29. The van der Waals surface area contributed by atoms with Gasteiger partial charge in [-0.15, -0.1) is 0 Å². The first-order chi connectivity index (χ1) is 9.06. The van der Waals surface area contributed by atoms with Crippen LogP contribution in [0.1, 0.15) is 11.1 Å². The highest BCUT2D eigenvalue weighted by molar-refractivity contribution is 7.08. The van der Waals surface area contributed by atoms with Gasteiger partial charge >= 0.3 is 0 Å². The molecule has 0 unspecified atom stereocenters. The second-order valence-electron chi connectivity index (χ2n) is 4.41. The fraction of sp³-hybridized carbons (Fsp3) is 0.214. The van der Waals surface area contributed by atoms with Crippen molar-refractivity contribution in [1.29, 1.82) is 0 Å². The topological polar surface area (TPSA) is 46.3 Å². The summed E-state index contributed by atoms with van der Waals surface area (Å²) >= 11 is 7.69. The van der Waals surface area contributed by atoms with Crippen LogP contribution in [-0.2, 0) is 17.8 Å². The number of thiophene rings is 1. The van der Waals surface area contributed by atoms with E-state index in [1.807, 2.05) is 16.8 Å². The van der Waals surface area contributed by atoms with Gasteiger partial charge in [-0.2, -0.15) is 11.3 Å². The molecule has 2 N–H and O–H groups in total. The first kappa shape index (κ1) is 13.9. The molecule has 0 radical (unpaired) electrons. The maximum absolute atomic E-state index is 12.1. The molecule has 3 nitrogen and oxygen atoms in total. The van der Waals surface area contributed by atoms with Crippen LogP contribution in [0.25, 0.3) is 0 Å². The van der Waals surface area contributed by atoms with Crippen molar-refractivity contribution in [1.82, 2.24) is 4.90 Å². The number of likely N-dealkylation sites (N-methyl/N-ethyl adjacent to an activating group) is 1. The van der Waals surface area contributed by atoms with E-state index in [2.05, 4.69) is 0 Å². The number of carbonyl (C=O) groups is 1. The minimum atomic E-state index is 0.0666. The average molecular weight is 295 g/mol. The van der Waals surface area contributed by atoms with E-state index in [9.17, 15) is 4.79 Å². The zero-order valence-corrected chi connectivity index (χ0v) is 12.2. The minimum Gasteiger partial charge on any atom is -0.399 e. The van der Waals surface area contributed by atoms with Crippen molar-refractivity contribution in [2.75, 3.05) is 12.8 Å². The van der Waals surface area contributed by atoms with Gasteiger partial charge in [0.2, 0.25) is 5.91 Å². The molecule has 0 spiro atoms. The lowest BCUT2D eigenvalue weighted by Gasteiger charge is -2.18. The van der Waals surface area contributed by atoms with E-state index in [0.717, 1.165) is 11.1 Å². The summed E-state index contributed by atoms with van der Waals surface area (Å²) < 4.78 is 0. The van der Waals surface area contributed by atoms with Crippen LogP contribution >= 0.6 is 22.9 Å². The lowest BCUT2D eigenvalue weighted by Crippen LogP contribution is -2.27. The van der Waals surface area contributed by atoms with Crippen molar-refractivity contribution in [3.63, 3.8) is 0 Å². The van der Waals surface area contributed by atoms with Crippen LogP contribution in [0, 0.1) is 0 Å². The normalized spacial score (nSPS) is 10.4. The second kappa shape index (κ2) is 6.08. The van der Waals surface area contributed by atoms with E-state index in [4.69, 9.17) is 17.3 Å². The van der Waals surface area contributed by atoms with Gasteiger partial charge in [0.15, 0.2) is 0 Å². The van der Waals surface area contributed by atoms with Crippen LogP contribution in [0.5, 0.6) is 0 Å². The average Bonchev–Trinajstić information content (AvgIpc) is 2.86. The van der Waals surface area contributed by atoms with E-state index in [1.54, 1.807) is 41.5 Å². The van der Waals surface area contributed by atoms with Gasteiger partial charge in [-0.05, 0) is 46.2 Å². The largest absolute Gasteiger partial charge is 0.399 e. The number of anilines is 1. The van der Waals surface area contributed by atoms with Gasteiger partial charge in [0, 0.05) is 24.3 Å². The van der Waals surface area contributed by atoms with Gasteiger partial charge in [0.05, 0.1) is 6.42 Å². The van der Waals surface area contributed by atoms with Crippen molar-refractivity contribution in [3.05, 3.63) is 51.2 Å². The molecule has 2 rings (SSSR count). The lowest BCUT2D eigenvalue weighted by molar-refractivity contribution is -0.129. The van der Waals surface area contributed by atoms with Crippen LogP contribution in [0.4, 0.5) is 5.69 Å². The van der Waals surface area contributed by atoms with Crippen LogP contribution in [0.3, 0.4) is 0 Å². The number of halogens is 1. The molecule has 0 saturated carbocycles. The SMILES string of the molecule is CN(Cc1cc(N)ccc1Cl)C(=O)Cc1ccsc1. The van der Waals surface area contributed by atoms with Crippen LogP contribution in [-0.4, -0.2) is 17.9 Å². The molecule has 1 heterocycles. The Morgan fingerprint density at radius 3 is 2.89 bits per heavy atom. The molecule has 1 aromatic carbocycles. The van der Waals surface area contributed by atoms with E-state index in [1.165, 1.54) is 0 Å². The molecule has 0 aliphatic carbocycles. The van der Waals surface area contributed by atoms with Crippen molar-refractivity contribution in [2.24, 2.45) is 0 Å². The number of nitrogens with zero attached hydrogens (tertiary/aromatic N) is 1. The molecule has 1 amide bonds. The smallest absolute Gasteiger partial charge is 0.227 e. The van der Waals surface area contributed by atoms with E-state index >= 15 is 0 Å². The third-order valence-corrected chi connectivity index (χ3v) is 3.94. The maximum atomic E-state index is 12.1. The monoisotopic (exact) mass is 294 g/mol. The summed E-state index contributed by atoms with van der Waals surface area (Å²) in [6.45, 7) is 0.465. The fourth-order valence-corrected chi connectivity index (χ4v) is 2.61. The first-order valence-electron chi connectivity index (χ1n) is 5.85. The number of rotatable bonds is 4. The third-order valence-electron chi connectivity index (χ3n) is 2.84. The highest BCUT2D eigenvalue weighted by Gasteiger charge is 2.12. The predicted octanol–water partition coefficient (Wildman–Crippen LogP) is 3.18. The van der Waals surface area contributed by atoms with Gasteiger partial charge in [-0.3, -0.25) is 4.79 Å². The molecule has 0 atom stereocenters. The van der Waals surface area contributed by atoms with E-state index in [-0.39, 0.29) is 5.91 Å². The molecule has 0 saturated heterocycles. The molecule has 0 fully saturated rings. The number of hydrogen-bond donors (Lipinski definition) is 1. The number of benzene rings is 1.